The van der Waals surface area contributed by atoms with Crippen LogP contribution in [0.25, 0.3) is 0 Å². The smallest absolute Gasteiger partial charge is 0.306 e. The van der Waals surface area contributed by atoms with E-state index >= 15 is 0 Å². The molecular formula is C71H119N2O7P. The van der Waals surface area contributed by atoms with Gasteiger partial charge in [0.15, 0.2) is 0 Å². The molecule has 0 aliphatic heterocycles. The highest BCUT2D eigenvalue weighted by Crippen LogP contribution is 2.38. The van der Waals surface area contributed by atoms with Crippen molar-refractivity contribution in [2.75, 3.05) is 40.9 Å². The number of phosphoric ester groups is 1. The number of amides is 1. The lowest BCUT2D eigenvalue weighted by molar-refractivity contribution is -0.870. The Morgan fingerprint density at radius 2 is 0.790 bits per heavy atom. The predicted octanol–water partition coefficient (Wildman–Crippen LogP) is 19.6. The van der Waals surface area contributed by atoms with E-state index in [-0.39, 0.29) is 31.3 Å². The van der Waals surface area contributed by atoms with Gasteiger partial charge in [0.05, 0.1) is 33.8 Å². The van der Waals surface area contributed by atoms with Gasteiger partial charge in [0, 0.05) is 12.8 Å². The van der Waals surface area contributed by atoms with Gasteiger partial charge in [0.1, 0.15) is 19.3 Å². The third-order valence-corrected chi connectivity index (χ3v) is 14.2. The number of esters is 1. The van der Waals surface area contributed by atoms with Crippen molar-refractivity contribution in [3.05, 3.63) is 146 Å². The summed E-state index contributed by atoms with van der Waals surface area (Å²) in [6.07, 6.45) is 85.4. The summed E-state index contributed by atoms with van der Waals surface area (Å²) in [4.78, 5) is 40.0. The number of hydrogen-bond donors (Lipinski definition) is 1. The van der Waals surface area contributed by atoms with Gasteiger partial charge in [-0.15, -0.1) is 0 Å². The fourth-order valence-electron chi connectivity index (χ4n) is 8.37. The molecule has 0 fully saturated rings. The Morgan fingerprint density at radius 1 is 0.444 bits per heavy atom. The minimum atomic E-state index is -4.73. The first-order valence-electron chi connectivity index (χ1n) is 32.1. The van der Waals surface area contributed by atoms with Gasteiger partial charge >= 0.3 is 5.97 Å². The topological polar surface area (TPSA) is 114 Å². The molecule has 9 nitrogen and oxygen atoms in total. The second-order valence-corrected chi connectivity index (χ2v) is 23.6. The molecule has 0 radical (unpaired) electrons. The van der Waals surface area contributed by atoms with Crippen molar-refractivity contribution in [3.8, 4) is 0 Å². The average molecular weight is 1140 g/mol. The van der Waals surface area contributed by atoms with Gasteiger partial charge in [-0.25, -0.2) is 0 Å². The van der Waals surface area contributed by atoms with Crippen LogP contribution in [0.2, 0.25) is 0 Å². The quantitative estimate of drug-likeness (QED) is 0.0212. The van der Waals surface area contributed by atoms with Crippen LogP contribution >= 0.6 is 7.82 Å². The first-order chi connectivity index (χ1) is 39.4. The normalized spacial score (nSPS) is 14.6. The van der Waals surface area contributed by atoms with E-state index in [4.69, 9.17) is 13.8 Å². The molecule has 0 spiro atoms. The van der Waals surface area contributed by atoms with E-state index in [1.807, 2.05) is 33.3 Å². The molecule has 81 heavy (non-hydrogen) atoms. The van der Waals surface area contributed by atoms with E-state index in [1.54, 1.807) is 0 Å². The average Bonchev–Trinajstić information content (AvgIpc) is 3.44. The Morgan fingerprint density at radius 3 is 1.20 bits per heavy atom. The standard InChI is InChI=1S/C71H119N2O7P/c1-7-10-13-16-19-22-25-27-29-31-33-35-36-38-40-42-44-46-49-52-55-58-61-64-71(75)80-69(62-59-56-53-50-47-24-21-18-15-12-9-3)68(67-79-81(76,77)78-66-65-73(4,5)6)72-70(74)63-60-57-54-51-48-45-43-41-39-37-34-32-30-28-26-23-20-17-14-11-8-2/h10-11,13-14,19-20,22-23,27-30,33-35,37-38,40-41,43,48,51,59,62,68-69H,7-9,12,15-18,21,24-26,31-32,36,39,42,44-47,49-50,52-58,60-61,63-67H2,1-6H3,(H-,72,74,76,77)/b13-10-,14-11-,22-19-,23-20-,29-27-,30-28-,35-33-,37-34-,40-38-,43-41-,51-48-,62-59+. The molecular weight excluding hydrogens is 1020 g/mol. The summed E-state index contributed by atoms with van der Waals surface area (Å²) >= 11 is 0. The molecule has 0 aromatic rings. The molecule has 3 unspecified atom stereocenters. The molecule has 0 rings (SSSR count). The zero-order valence-electron chi connectivity index (χ0n) is 52.4. The number of ether oxygens (including phenoxy) is 1. The number of unbranched alkanes of at least 4 members (excludes halogenated alkanes) is 18. The number of carbonyl (C=O) groups is 2. The molecule has 3 atom stereocenters. The Bertz CT molecular complexity index is 1890. The SMILES string of the molecule is CC/C=C\C/C=C\C/C=C\C/C=C\C/C=C\C/C=C\CCCCC(=O)NC(COP(=O)([O-])OCC[N+](C)(C)C)C(/C=C/CCCCCCCCCCC)OC(=O)CCCCCCCCC/C=C\C/C=C\C/C=C\C/C=C\C/C=C\CC. The van der Waals surface area contributed by atoms with Gasteiger partial charge in [-0.05, 0) is 128 Å². The minimum Gasteiger partial charge on any atom is -0.756 e. The molecule has 0 saturated carbocycles. The van der Waals surface area contributed by atoms with Crippen LogP contribution in [0.3, 0.4) is 0 Å². The maximum absolute atomic E-state index is 13.5. The molecule has 0 aromatic heterocycles. The number of nitrogens with one attached hydrogen (secondary N) is 1. The minimum absolute atomic E-state index is 0.0414. The van der Waals surface area contributed by atoms with Crippen LogP contribution in [0.15, 0.2) is 146 Å². The molecule has 0 saturated heterocycles. The summed E-state index contributed by atoms with van der Waals surface area (Å²) in [5.74, 6) is -0.616. The number of allylic oxidation sites excluding steroid dienone is 23. The molecule has 1 amide bonds. The van der Waals surface area contributed by atoms with Crippen molar-refractivity contribution in [2.45, 2.75) is 251 Å². The van der Waals surface area contributed by atoms with Crippen LogP contribution in [-0.2, 0) is 27.9 Å². The van der Waals surface area contributed by atoms with Gasteiger partial charge < -0.3 is 28.5 Å². The lowest BCUT2D eigenvalue weighted by Gasteiger charge is -2.30. The van der Waals surface area contributed by atoms with Crippen molar-refractivity contribution in [1.29, 1.82) is 0 Å². The molecule has 0 aliphatic rings. The zero-order chi connectivity index (χ0) is 59.3. The van der Waals surface area contributed by atoms with Crippen molar-refractivity contribution in [2.24, 2.45) is 0 Å². The summed E-state index contributed by atoms with van der Waals surface area (Å²) in [5, 5.41) is 3.00. The molecule has 10 heteroatoms. The van der Waals surface area contributed by atoms with Crippen molar-refractivity contribution in [3.63, 3.8) is 0 Å². The highest BCUT2D eigenvalue weighted by Gasteiger charge is 2.27. The van der Waals surface area contributed by atoms with Crippen LogP contribution in [0.4, 0.5) is 0 Å². The predicted molar refractivity (Wildman–Crippen MR) is 348 cm³/mol. The highest BCUT2D eigenvalue weighted by atomic mass is 31.2. The summed E-state index contributed by atoms with van der Waals surface area (Å²) in [5.41, 5.74) is 0. The third kappa shape index (κ3) is 60.3. The number of likely N-dealkylation sites (N-methyl/N-ethyl adjacent to an activating group) is 1. The Hall–Kier alpha value is -4.11. The first-order valence-corrected chi connectivity index (χ1v) is 33.6. The summed E-state index contributed by atoms with van der Waals surface area (Å²) < 4.78 is 30.3. The first kappa shape index (κ1) is 76.9. The van der Waals surface area contributed by atoms with Crippen LogP contribution in [-0.4, -0.2) is 69.4 Å². The van der Waals surface area contributed by atoms with Gasteiger partial charge in [-0.2, -0.15) is 0 Å². The number of carbonyl (C=O) groups excluding carboxylic acids is 2. The molecule has 460 valence electrons. The molecule has 0 aromatic carbocycles. The summed E-state index contributed by atoms with van der Waals surface area (Å²) in [6.45, 7) is 6.55. The number of nitrogens with zero attached hydrogens (tertiary/aromatic N) is 1. The van der Waals surface area contributed by atoms with Gasteiger partial charge in [0.2, 0.25) is 5.91 Å². The van der Waals surface area contributed by atoms with Crippen molar-refractivity contribution >= 4 is 19.7 Å². The monoisotopic (exact) mass is 1140 g/mol. The Labute approximate surface area is 498 Å². The van der Waals surface area contributed by atoms with Gasteiger partial charge in [0.25, 0.3) is 7.82 Å². The lowest BCUT2D eigenvalue weighted by Crippen LogP contribution is -2.47. The van der Waals surface area contributed by atoms with E-state index in [0.29, 0.717) is 23.9 Å². The van der Waals surface area contributed by atoms with E-state index in [2.05, 4.69) is 160 Å². The second-order valence-electron chi connectivity index (χ2n) is 22.1. The molecule has 0 bridgehead atoms. The van der Waals surface area contributed by atoms with Crippen LogP contribution in [0, 0.1) is 0 Å². The van der Waals surface area contributed by atoms with E-state index in [9.17, 15) is 19.0 Å². The number of quaternary nitrogens is 1. The second kappa shape index (κ2) is 59.1. The van der Waals surface area contributed by atoms with E-state index in [1.165, 1.54) is 64.2 Å². The fraction of sp³-hybridized carbons (Fsp3) is 0.634. The van der Waals surface area contributed by atoms with E-state index in [0.717, 1.165) is 128 Å². The fourth-order valence-corrected chi connectivity index (χ4v) is 9.10. The maximum atomic E-state index is 13.5. The molecule has 0 aliphatic carbocycles. The Balaban J connectivity index is 5.28. The number of rotatable bonds is 56. The number of phosphoric acid groups is 1. The third-order valence-electron chi connectivity index (χ3n) is 13.3. The van der Waals surface area contributed by atoms with Crippen LogP contribution in [0.1, 0.15) is 239 Å². The van der Waals surface area contributed by atoms with Crippen molar-refractivity contribution < 1.29 is 37.3 Å². The summed E-state index contributed by atoms with van der Waals surface area (Å²) in [6, 6.07) is -0.928. The summed E-state index contributed by atoms with van der Waals surface area (Å²) in [7, 11) is 1.12. The van der Waals surface area contributed by atoms with Gasteiger partial charge in [-0.1, -0.05) is 244 Å². The van der Waals surface area contributed by atoms with Crippen LogP contribution in [0.5, 0.6) is 0 Å². The van der Waals surface area contributed by atoms with E-state index < -0.39 is 26.6 Å². The molecule has 1 N–H and O–H groups in total. The van der Waals surface area contributed by atoms with Crippen molar-refractivity contribution in [1.82, 2.24) is 5.32 Å². The largest absolute Gasteiger partial charge is 0.756 e. The lowest BCUT2D eigenvalue weighted by atomic mass is 10.1. The maximum Gasteiger partial charge on any atom is 0.306 e. The number of hydrogen-bond acceptors (Lipinski definition) is 7. The van der Waals surface area contributed by atoms with Gasteiger partial charge in [-0.3, -0.25) is 14.2 Å². The molecule has 0 heterocycles. The zero-order valence-corrected chi connectivity index (χ0v) is 53.3. The Kier molecular flexibility index (Phi) is 56.1. The van der Waals surface area contributed by atoms with Crippen LogP contribution < -0.4 is 10.2 Å². The highest BCUT2D eigenvalue weighted by molar-refractivity contribution is 7.45.